The van der Waals surface area contributed by atoms with Gasteiger partial charge in [-0.05, 0) is 24.5 Å². The fourth-order valence-corrected chi connectivity index (χ4v) is 2.71. The summed E-state index contributed by atoms with van der Waals surface area (Å²) in [5.74, 6) is 1.79. The average Bonchev–Trinajstić information content (AvgIpc) is 2.86. The van der Waals surface area contributed by atoms with E-state index in [0.29, 0.717) is 25.6 Å². The van der Waals surface area contributed by atoms with E-state index in [0.717, 1.165) is 36.1 Å². The molecule has 0 radical (unpaired) electrons. The van der Waals surface area contributed by atoms with Gasteiger partial charge in [0.05, 0.1) is 30.9 Å². The van der Waals surface area contributed by atoms with E-state index in [1.54, 1.807) is 0 Å². The van der Waals surface area contributed by atoms with Crippen molar-refractivity contribution in [1.82, 2.24) is 10.3 Å². The summed E-state index contributed by atoms with van der Waals surface area (Å²) in [6.07, 6.45) is 4.92. The van der Waals surface area contributed by atoms with Gasteiger partial charge in [0.15, 0.2) is 0 Å². The lowest BCUT2D eigenvalue weighted by atomic mass is 10.2. The molecule has 0 aromatic carbocycles. The summed E-state index contributed by atoms with van der Waals surface area (Å²) in [6.45, 7) is 5.94. The van der Waals surface area contributed by atoms with Crippen molar-refractivity contribution in [3.63, 3.8) is 0 Å². The summed E-state index contributed by atoms with van der Waals surface area (Å²) >= 11 is 0. The molecule has 3 N–H and O–H groups in total. The predicted octanol–water partition coefficient (Wildman–Crippen LogP) is 1.82. The molecule has 0 amide bonds. The quantitative estimate of drug-likeness (QED) is 0.794. The van der Waals surface area contributed by atoms with Crippen LogP contribution in [0.25, 0.3) is 0 Å². The minimum Gasteiger partial charge on any atom is -0.361 e. The Balaban J connectivity index is 1.62. The van der Waals surface area contributed by atoms with E-state index in [2.05, 4.69) is 33.5 Å². The molecule has 22 heavy (non-hydrogen) atoms. The number of nitrogens with zero attached hydrogens (tertiary/aromatic N) is 2. The Bertz CT molecular complexity index is 554. The third kappa shape index (κ3) is 3.64. The van der Waals surface area contributed by atoms with Crippen LogP contribution in [-0.4, -0.2) is 43.7 Å². The lowest BCUT2D eigenvalue weighted by Gasteiger charge is -2.17. The molecule has 2 saturated heterocycles. The molecule has 118 valence electrons. The summed E-state index contributed by atoms with van der Waals surface area (Å²) < 4.78 is 5.38. The average molecular weight is 301 g/mol. The van der Waals surface area contributed by atoms with Crippen molar-refractivity contribution in [2.45, 2.75) is 13.3 Å². The van der Waals surface area contributed by atoms with Crippen LogP contribution in [-0.2, 0) is 4.74 Å². The molecule has 2 fully saturated rings. The zero-order valence-corrected chi connectivity index (χ0v) is 12.9. The normalized spacial score (nSPS) is 24.6. The second-order valence-electron chi connectivity index (χ2n) is 5.96. The molecule has 3 heterocycles. The maximum atomic E-state index is 7.94. The lowest BCUT2D eigenvalue weighted by Crippen LogP contribution is -2.21. The molecule has 2 aliphatic rings. The second-order valence-corrected chi connectivity index (χ2v) is 5.96. The molecule has 1 aromatic heterocycles. The highest BCUT2D eigenvalue weighted by molar-refractivity contribution is 5.99. The number of pyridine rings is 1. The fourth-order valence-electron chi connectivity index (χ4n) is 2.71. The Morgan fingerprint density at radius 3 is 3.14 bits per heavy atom. The Labute approximate surface area is 131 Å². The molecule has 1 aromatic rings. The van der Waals surface area contributed by atoms with Crippen molar-refractivity contribution in [1.29, 1.82) is 5.41 Å². The zero-order valence-electron chi connectivity index (χ0n) is 12.9. The number of ether oxygens (including phenoxy) is 1. The Kier molecular flexibility index (Phi) is 4.70. The van der Waals surface area contributed by atoms with Crippen LogP contribution in [0.3, 0.4) is 0 Å². The molecule has 3 rings (SSSR count). The fraction of sp³-hybridized carbons (Fsp3) is 0.500. The third-order valence-corrected chi connectivity index (χ3v) is 4.06. The van der Waals surface area contributed by atoms with Crippen LogP contribution >= 0.6 is 0 Å². The number of hydrogen-bond donors (Lipinski definition) is 3. The highest BCUT2D eigenvalue weighted by Gasteiger charge is 2.19. The topological polar surface area (TPSA) is 73.3 Å². The molecule has 6 nitrogen and oxygen atoms in total. The first kappa shape index (κ1) is 15.0. The summed E-state index contributed by atoms with van der Waals surface area (Å²) in [7, 11) is 0. The largest absolute Gasteiger partial charge is 0.361 e. The molecule has 0 saturated carbocycles. The SMILES string of the molecule is C[C@H]1CCN(c2ccc(N/C=C3/COCNCC3=N)cn2)C1. The van der Waals surface area contributed by atoms with Gasteiger partial charge in [0, 0.05) is 31.4 Å². The van der Waals surface area contributed by atoms with Crippen molar-refractivity contribution in [3.8, 4) is 0 Å². The van der Waals surface area contributed by atoms with Crippen LogP contribution in [0.15, 0.2) is 30.1 Å². The molecule has 1 atom stereocenters. The first-order valence-corrected chi connectivity index (χ1v) is 7.75. The minimum absolute atomic E-state index is 0.454. The summed E-state index contributed by atoms with van der Waals surface area (Å²) in [4.78, 5) is 6.86. The van der Waals surface area contributed by atoms with Crippen molar-refractivity contribution in [2.75, 3.05) is 43.2 Å². The molecular weight excluding hydrogens is 278 g/mol. The van der Waals surface area contributed by atoms with E-state index in [4.69, 9.17) is 10.1 Å². The van der Waals surface area contributed by atoms with E-state index >= 15 is 0 Å². The second kappa shape index (κ2) is 6.89. The molecule has 0 spiro atoms. The van der Waals surface area contributed by atoms with Crippen molar-refractivity contribution in [3.05, 3.63) is 30.1 Å². The van der Waals surface area contributed by atoms with Gasteiger partial charge in [0.1, 0.15) is 5.82 Å². The standard InChI is InChI=1S/C16H23N5O/c1-12-4-5-21(9-12)16-3-2-14(7-20-16)19-6-13-10-22-11-18-8-15(13)17/h2-3,6-7,12,17-19H,4-5,8-11H2,1H3/b13-6-,17-15?/t12-/m0/s1. The van der Waals surface area contributed by atoms with Crippen LogP contribution in [0, 0.1) is 11.3 Å². The monoisotopic (exact) mass is 301 g/mol. The summed E-state index contributed by atoms with van der Waals surface area (Å²) in [5.41, 5.74) is 2.34. The van der Waals surface area contributed by atoms with Crippen LogP contribution in [0.4, 0.5) is 11.5 Å². The van der Waals surface area contributed by atoms with Crippen molar-refractivity contribution >= 4 is 17.2 Å². The number of anilines is 2. The van der Waals surface area contributed by atoms with Gasteiger partial charge in [-0.15, -0.1) is 0 Å². The molecule has 0 bridgehead atoms. The van der Waals surface area contributed by atoms with Crippen LogP contribution in [0.1, 0.15) is 13.3 Å². The molecule has 0 unspecified atom stereocenters. The van der Waals surface area contributed by atoms with Crippen molar-refractivity contribution < 1.29 is 4.74 Å². The lowest BCUT2D eigenvalue weighted by molar-refractivity contribution is 0.148. The third-order valence-electron chi connectivity index (χ3n) is 4.06. The van der Waals surface area contributed by atoms with Crippen LogP contribution in [0.2, 0.25) is 0 Å². The molecule has 2 aliphatic heterocycles. The van der Waals surface area contributed by atoms with Gasteiger partial charge in [-0.1, -0.05) is 6.92 Å². The summed E-state index contributed by atoms with van der Waals surface area (Å²) in [5, 5.41) is 14.2. The predicted molar refractivity (Wildman–Crippen MR) is 88.5 cm³/mol. The van der Waals surface area contributed by atoms with Gasteiger partial charge in [0.2, 0.25) is 0 Å². The number of aromatic nitrogens is 1. The zero-order chi connectivity index (χ0) is 15.4. The van der Waals surface area contributed by atoms with E-state index in [-0.39, 0.29) is 0 Å². The highest BCUT2D eigenvalue weighted by atomic mass is 16.5. The minimum atomic E-state index is 0.454. The van der Waals surface area contributed by atoms with Gasteiger partial charge in [-0.2, -0.15) is 0 Å². The molecular formula is C16H23N5O. The van der Waals surface area contributed by atoms with Gasteiger partial charge in [0.25, 0.3) is 0 Å². The maximum absolute atomic E-state index is 7.94. The number of nitrogens with one attached hydrogen (secondary N) is 3. The summed E-state index contributed by atoms with van der Waals surface area (Å²) in [6, 6.07) is 4.08. The highest BCUT2D eigenvalue weighted by Crippen LogP contribution is 2.22. The maximum Gasteiger partial charge on any atom is 0.128 e. The number of hydrogen-bond acceptors (Lipinski definition) is 6. The van der Waals surface area contributed by atoms with Gasteiger partial charge < -0.3 is 20.4 Å². The van der Waals surface area contributed by atoms with E-state index in [1.807, 2.05) is 18.5 Å². The van der Waals surface area contributed by atoms with Gasteiger partial charge in [-0.25, -0.2) is 4.98 Å². The molecule has 0 aliphatic carbocycles. The smallest absolute Gasteiger partial charge is 0.128 e. The Hall–Kier alpha value is -1.92. The first-order chi connectivity index (χ1) is 10.7. The van der Waals surface area contributed by atoms with E-state index in [9.17, 15) is 0 Å². The van der Waals surface area contributed by atoms with Gasteiger partial charge >= 0.3 is 0 Å². The van der Waals surface area contributed by atoms with E-state index in [1.165, 1.54) is 6.42 Å². The van der Waals surface area contributed by atoms with E-state index < -0.39 is 0 Å². The first-order valence-electron chi connectivity index (χ1n) is 7.75. The Morgan fingerprint density at radius 1 is 1.50 bits per heavy atom. The molecule has 6 heteroatoms. The van der Waals surface area contributed by atoms with Crippen molar-refractivity contribution in [2.24, 2.45) is 5.92 Å². The van der Waals surface area contributed by atoms with Gasteiger partial charge in [-0.3, -0.25) is 5.32 Å². The number of rotatable bonds is 3. The van der Waals surface area contributed by atoms with Crippen LogP contribution in [0.5, 0.6) is 0 Å². The Morgan fingerprint density at radius 2 is 2.41 bits per heavy atom. The van der Waals surface area contributed by atoms with Crippen LogP contribution < -0.4 is 15.5 Å².